The number of nitrogens with zero attached hydrogens (tertiary/aromatic N) is 5. The van der Waals surface area contributed by atoms with Crippen LogP contribution in [0.2, 0.25) is 0 Å². The van der Waals surface area contributed by atoms with E-state index in [4.69, 9.17) is 0 Å². The summed E-state index contributed by atoms with van der Waals surface area (Å²) >= 11 is 0. The molecule has 3 aromatic heterocycles. The number of rotatable bonds is 6. The summed E-state index contributed by atoms with van der Waals surface area (Å²) in [6.45, 7) is 6.11. The summed E-state index contributed by atoms with van der Waals surface area (Å²) in [5, 5.41) is 10.5. The van der Waals surface area contributed by atoms with E-state index in [0.29, 0.717) is 23.9 Å². The van der Waals surface area contributed by atoms with Crippen molar-refractivity contribution in [2.75, 3.05) is 17.2 Å². The summed E-state index contributed by atoms with van der Waals surface area (Å²) in [6.07, 6.45) is 4.40. The minimum Gasteiger partial charge on any atom is -0.365 e. The van der Waals surface area contributed by atoms with Crippen molar-refractivity contribution in [3.63, 3.8) is 0 Å². The molecule has 2 aliphatic rings. The molecule has 0 radical (unpaired) electrons. The molecule has 2 fully saturated rings. The lowest BCUT2D eigenvalue weighted by Gasteiger charge is -2.38. The number of aromatic amines is 1. The average Bonchev–Trinajstić information content (AvgIpc) is 3.36. The average molecular weight is 474 g/mol. The molecule has 180 valence electrons. The monoisotopic (exact) mass is 474 g/mol. The summed E-state index contributed by atoms with van der Waals surface area (Å²) in [5.41, 5.74) is 1.83. The van der Waals surface area contributed by atoms with Gasteiger partial charge in [0.15, 0.2) is 0 Å². The Morgan fingerprint density at radius 3 is 2.74 bits per heavy atom. The van der Waals surface area contributed by atoms with Crippen LogP contribution in [-0.2, 0) is 11.1 Å². The molecule has 3 N–H and O–H groups in total. The number of aromatic nitrogens is 5. The Kier molecular flexibility index (Phi) is 5.45. The third kappa shape index (κ3) is 4.31. The zero-order chi connectivity index (χ0) is 24.0. The molecule has 0 spiro atoms. The van der Waals surface area contributed by atoms with Crippen LogP contribution in [0.1, 0.15) is 44.1 Å². The number of anilines is 3. The van der Waals surface area contributed by atoms with Gasteiger partial charge in [-0.15, -0.1) is 13.2 Å². The van der Waals surface area contributed by atoms with E-state index in [1.54, 1.807) is 4.90 Å². The highest BCUT2D eigenvalue weighted by molar-refractivity contribution is 5.93. The van der Waals surface area contributed by atoms with E-state index < -0.39 is 6.30 Å². The topological polar surface area (TPSA) is 104 Å². The van der Waals surface area contributed by atoms with E-state index in [1.807, 2.05) is 13.1 Å². The molecule has 0 aromatic carbocycles. The highest BCUT2D eigenvalue weighted by atomic mass is 19.4. The van der Waals surface area contributed by atoms with Crippen LogP contribution in [0.3, 0.4) is 0 Å². The van der Waals surface area contributed by atoms with Crippen molar-refractivity contribution in [3.8, 4) is 0 Å². The van der Waals surface area contributed by atoms with Gasteiger partial charge >= 0.3 is 6.30 Å². The number of piperidine rings is 1. The van der Waals surface area contributed by atoms with Crippen molar-refractivity contribution in [3.05, 3.63) is 36.8 Å². The van der Waals surface area contributed by atoms with Crippen molar-refractivity contribution >= 4 is 34.4 Å². The lowest BCUT2D eigenvalue weighted by atomic mass is 9.99. The first-order valence-corrected chi connectivity index (χ1v) is 11.2. The maximum atomic E-state index is 12.9. The predicted molar refractivity (Wildman–Crippen MR) is 121 cm³/mol. The van der Waals surface area contributed by atoms with Crippen LogP contribution in [0.5, 0.6) is 0 Å². The highest BCUT2D eigenvalue weighted by Crippen LogP contribution is 2.45. The molecule has 1 aliphatic carbocycles. The minimum atomic E-state index is -4.61. The minimum absolute atomic E-state index is 0.0408. The molecular formula is C22H25F3N8O. The number of likely N-dealkylation sites (tertiary alicyclic amines) is 1. The molecule has 4 heterocycles. The summed E-state index contributed by atoms with van der Waals surface area (Å²) < 4.78 is 38.6. The number of carbonyl (C=O) groups excluding carboxylic acids is 1. The fourth-order valence-corrected chi connectivity index (χ4v) is 4.43. The maximum Gasteiger partial charge on any atom is 0.504 e. The molecule has 2 atom stereocenters. The van der Waals surface area contributed by atoms with Crippen molar-refractivity contribution in [1.82, 2.24) is 29.6 Å². The second-order valence-corrected chi connectivity index (χ2v) is 8.87. The zero-order valence-corrected chi connectivity index (χ0v) is 18.6. The predicted octanol–water partition coefficient (Wildman–Crippen LogP) is 4.23. The SMILES string of the molecule is C=CC(=O)N1C[C@H](Nc2nc(Nc3cnn(C(F)(F)F)c3)nc3[nH]cc(C4CC4)c23)CC[C@@H]1C. The molecule has 5 rings (SSSR count). The third-order valence-corrected chi connectivity index (χ3v) is 6.36. The molecule has 1 aliphatic heterocycles. The Labute approximate surface area is 193 Å². The van der Waals surface area contributed by atoms with Crippen molar-refractivity contribution in [2.24, 2.45) is 0 Å². The summed E-state index contributed by atoms with van der Waals surface area (Å²) in [4.78, 5) is 26.3. The first-order chi connectivity index (χ1) is 16.2. The number of amides is 1. The van der Waals surface area contributed by atoms with Gasteiger partial charge < -0.3 is 20.5 Å². The van der Waals surface area contributed by atoms with Crippen LogP contribution in [-0.4, -0.2) is 54.2 Å². The summed E-state index contributed by atoms with van der Waals surface area (Å²) in [7, 11) is 0. The number of halogens is 3. The van der Waals surface area contributed by atoms with Crippen LogP contribution in [0.15, 0.2) is 31.2 Å². The molecule has 0 unspecified atom stereocenters. The molecular weight excluding hydrogens is 449 g/mol. The Hall–Kier alpha value is -3.57. The van der Waals surface area contributed by atoms with Crippen molar-refractivity contribution in [1.29, 1.82) is 0 Å². The molecule has 3 aromatic rings. The highest BCUT2D eigenvalue weighted by Gasteiger charge is 2.33. The fourth-order valence-electron chi connectivity index (χ4n) is 4.43. The molecule has 0 bridgehead atoms. The number of fused-ring (bicyclic) bond motifs is 1. The number of H-pyrrole nitrogens is 1. The van der Waals surface area contributed by atoms with Gasteiger partial charge in [-0.1, -0.05) is 6.58 Å². The molecule has 12 heteroatoms. The second kappa shape index (κ2) is 8.33. The normalized spacial score (nSPS) is 21.0. The molecule has 34 heavy (non-hydrogen) atoms. The van der Waals surface area contributed by atoms with Gasteiger partial charge in [0.1, 0.15) is 11.5 Å². The van der Waals surface area contributed by atoms with Gasteiger partial charge in [0.25, 0.3) is 0 Å². The van der Waals surface area contributed by atoms with Gasteiger partial charge in [-0.05, 0) is 50.2 Å². The Bertz CT molecular complexity index is 1230. The summed E-state index contributed by atoms with van der Waals surface area (Å²) in [6, 6.07) is 0.0756. The Balaban J connectivity index is 1.45. The number of hydrogen-bond donors (Lipinski definition) is 3. The molecule has 9 nitrogen and oxygen atoms in total. The fraction of sp³-hybridized carbons (Fsp3) is 0.455. The van der Waals surface area contributed by atoms with Crippen LogP contribution in [0.25, 0.3) is 11.0 Å². The van der Waals surface area contributed by atoms with Gasteiger partial charge in [0, 0.05) is 24.8 Å². The number of carbonyl (C=O) groups is 1. The van der Waals surface area contributed by atoms with E-state index in [0.717, 1.165) is 49.0 Å². The van der Waals surface area contributed by atoms with E-state index in [1.165, 1.54) is 6.08 Å². The van der Waals surface area contributed by atoms with Crippen LogP contribution >= 0.6 is 0 Å². The summed E-state index contributed by atoms with van der Waals surface area (Å²) in [5.74, 6) is 1.05. The van der Waals surface area contributed by atoms with E-state index >= 15 is 0 Å². The van der Waals surface area contributed by atoms with Gasteiger partial charge in [0.2, 0.25) is 11.9 Å². The van der Waals surface area contributed by atoms with Crippen LogP contribution < -0.4 is 10.6 Å². The van der Waals surface area contributed by atoms with E-state index in [9.17, 15) is 18.0 Å². The standard InChI is InChI=1S/C22H25F3N8O/c1-3-17(34)32-10-14(7-4-12(32)2)28-20-18-16(13-5-6-13)9-26-19(18)30-21(31-20)29-15-8-27-33(11-15)22(23,24)25/h3,8-9,11-14H,1,4-7,10H2,2H3,(H3,26,28,29,30,31)/t12-,14+/m0/s1. The van der Waals surface area contributed by atoms with Gasteiger partial charge in [-0.25, -0.2) is 0 Å². The zero-order valence-electron chi connectivity index (χ0n) is 18.6. The van der Waals surface area contributed by atoms with Gasteiger partial charge in [0.05, 0.1) is 23.5 Å². The van der Waals surface area contributed by atoms with Gasteiger partial charge in [-0.2, -0.15) is 19.7 Å². The lowest BCUT2D eigenvalue weighted by Crippen LogP contribution is -2.49. The van der Waals surface area contributed by atoms with Crippen molar-refractivity contribution in [2.45, 2.75) is 56.9 Å². The molecule has 1 saturated carbocycles. The molecule has 1 saturated heterocycles. The number of alkyl halides is 3. The number of nitrogens with one attached hydrogen (secondary N) is 3. The lowest BCUT2D eigenvalue weighted by molar-refractivity contribution is -0.212. The largest absolute Gasteiger partial charge is 0.504 e. The molecule has 1 amide bonds. The first kappa shape index (κ1) is 22.2. The Morgan fingerprint density at radius 1 is 1.26 bits per heavy atom. The van der Waals surface area contributed by atoms with E-state index in [-0.39, 0.29) is 34.3 Å². The first-order valence-electron chi connectivity index (χ1n) is 11.2. The maximum absolute atomic E-state index is 12.9. The number of hydrogen-bond acceptors (Lipinski definition) is 6. The van der Waals surface area contributed by atoms with Crippen molar-refractivity contribution < 1.29 is 18.0 Å². The van der Waals surface area contributed by atoms with Crippen LogP contribution in [0.4, 0.5) is 30.6 Å². The quantitative estimate of drug-likeness (QED) is 0.462. The Morgan fingerprint density at radius 2 is 2.06 bits per heavy atom. The van der Waals surface area contributed by atoms with E-state index in [2.05, 4.69) is 37.3 Å². The van der Waals surface area contributed by atoms with Gasteiger partial charge in [-0.3, -0.25) is 4.79 Å². The second-order valence-electron chi connectivity index (χ2n) is 8.87. The smallest absolute Gasteiger partial charge is 0.365 e. The third-order valence-electron chi connectivity index (χ3n) is 6.36. The van der Waals surface area contributed by atoms with Crippen LogP contribution in [0, 0.1) is 0 Å².